The molecule has 0 saturated carbocycles. The topological polar surface area (TPSA) is 18.5 Å². The molecular weight excluding hydrogens is 207 g/mol. The molecule has 0 amide bonds. The van der Waals surface area contributed by atoms with Gasteiger partial charge >= 0.3 is 7.12 Å². The van der Waals surface area contributed by atoms with Crippen molar-refractivity contribution in [3.8, 4) is 0 Å². The fourth-order valence-electron chi connectivity index (χ4n) is 1.57. The largest absolute Gasteiger partial charge is 0.495 e. The zero-order chi connectivity index (χ0) is 11.3. The Labute approximate surface area is 95.7 Å². The molecule has 0 bridgehead atoms. The highest BCUT2D eigenvalue weighted by atomic mass is 32.1. The van der Waals surface area contributed by atoms with Gasteiger partial charge in [0, 0.05) is 4.88 Å². The molecule has 1 aliphatic heterocycles. The van der Waals surface area contributed by atoms with Gasteiger partial charge in [0.25, 0.3) is 0 Å². The average Bonchev–Trinajstić information content (AvgIpc) is 2.56. The van der Waals surface area contributed by atoms with Crippen LogP contribution in [0.3, 0.4) is 0 Å². The molecule has 1 aliphatic rings. The van der Waals surface area contributed by atoms with Crippen molar-refractivity contribution in [1.29, 1.82) is 0 Å². The second kappa shape index (κ2) is 3.34. The summed E-state index contributed by atoms with van der Waals surface area (Å²) in [5.41, 5.74) is 0.650. The molecule has 0 unspecified atom stereocenters. The normalized spacial score (nSPS) is 23.4. The molecule has 1 aromatic rings. The van der Waals surface area contributed by atoms with Crippen molar-refractivity contribution in [3.63, 3.8) is 0 Å². The SMILES string of the molecule is Cc1cc(B2OC(C)(C)C(C)(C)O2)cs1. The van der Waals surface area contributed by atoms with Gasteiger partial charge in [0.2, 0.25) is 0 Å². The summed E-state index contributed by atoms with van der Waals surface area (Å²) in [6, 6.07) is 2.13. The minimum absolute atomic E-state index is 0.208. The highest BCUT2D eigenvalue weighted by Crippen LogP contribution is 2.36. The van der Waals surface area contributed by atoms with E-state index >= 15 is 0 Å². The van der Waals surface area contributed by atoms with E-state index in [1.807, 2.05) is 0 Å². The van der Waals surface area contributed by atoms with Crippen LogP contribution in [0.15, 0.2) is 11.4 Å². The highest BCUT2D eigenvalue weighted by molar-refractivity contribution is 7.11. The third-order valence-corrected chi connectivity index (χ3v) is 4.16. The molecule has 1 saturated heterocycles. The molecule has 0 aromatic carbocycles. The van der Waals surface area contributed by atoms with Crippen molar-refractivity contribution in [3.05, 3.63) is 16.3 Å². The van der Waals surface area contributed by atoms with E-state index in [1.165, 1.54) is 4.88 Å². The maximum Gasteiger partial charge on any atom is 0.495 e. The Kier molecular flexibility index (Phi) is 2.49. The lowest BCUT2D eigenvalue weighted by Crippen LogP contribution is -2.41. The van der Waals surface area contributed by atoms with E-state index in [0.717, 1.165) is 5.46 Å². The van der Waals surface area contributed by atoms with Crippen LogP contribution in [0.5, 0.6) is 0 Å². The van der Waals surface area contributed by atoms with E-state index in [1.54, 1.807) is 11.3 Å². The van der Waals surface area contributed by atoms with E-state index in [0.29, 0.717) is 0 Å². The van der Waals surface area contributed by atoms with Gasteiger partial charge in [-0.05, 0) is 51.5 Å². The Morgan fingerprint density at radius 1 is 1.13 bits per heavy atom. The first-order chi connectivity index (χ1) is 6.82. The monoisotopic (exact) mass is 224 g/mol. The molecule has 0 N–H and O–H groups in total. The summed E-state index contributed by atoms with van der Waals surface area (Å²) < 4.78 is 11.9. The summed E-state index contributed by atoms with van der Waals surface area (Å²) in [4.78, 5) is 1.29. The molecule has 0 spiro atoms. The number of aryl methyl sites for hydroxylation is 1. The van der Waals surface area contributed by atoms with Crippen LogP contribution in [0.1, 0.15) is 32.6 Å². The maximum atomic E-state index is 5.95. The van der Waals surface area contributed by atoms with E-state index in [9.17, 15) is 0 Å². The van der Waals surface area contributed by atoms with Gasteiger partial charge in [-0.2, -0.15) is 0 Å². The van der Waals surface area contributed by atoms with Gasteiger partial charge in [0.05, 0.1) is 11.2 Å². The lowest BCUT2D eigenvalue weighted by atomic mass is 9.81. The third-order valence-electron chi connectivity index (χ3n) is 3.28. The standard InChI is InChI=1S/C11H17BO2S/c1-8-6-9(7-15-8)12-13-10(2,3)11(4,5)14-12/h6-7H,1-5H3. The van der Waals surface area contributed by atoms with E-state index < -0.39 is 0 Å². The highest BCUT2D eigenvalue weighted by Gasteiger charge is 2.51. The third kappa shape index (κ3) is 1.86. The Morgan fingerprint density at radius 3 is 2.07 bits per heavy atom. The Hall–Kier alpha value is -0.315. The van der Waals surface area contributed by atoms with Crippen molar-refractivity contribution >= 4 is 23.9 Å². The van der Waals surface area contributed by atoms with Gasteiger partial charge in [0.15, 0.2) is 0 Å². The average molecular weight is 224 g/mol. The maximum absolute atomic E-state index is 5.95. The predicted octanol–water partition coefficient (Wildman–Crippen LogP) is 2.36. The number of hydrogen-bond acceptors (Lipinski definition) is 3. The van der Waals surface area contributed by atoms with Gasteiger partial charge in [-0.15, -0.1) is 11.3 Å². The van der Waals surface area contributed by atoms with Gasteiger partial charge < -0.3 is 9.31 Å². The predicted molar refractivity (Wildman–Crippen MR) is 64.8 cm³/mol. The lowest BCUT2D eigenvalue weighted by Gasteiger charge is -2.32. The summed E-state index contributed by atoms with van der Waals surface area (Å²) in [6.45, 7) is 10.4. The van der Waals surface area contributed by atoms with Crippen LogP contribution in [0.25, 0.3) is 0 Å². The fraction of sp³-hybridized carbons (Fsp3) is 0.636. The molecule has 0 atom stereocenters. The van der Waals surface area contributed by atoms with Gasteiger partial charge in [-0.3, -0.25) is 0 Å². The minimum atomic E-state index is -0.243. The first-order valence-electron chi connectivity index (χ1n) is 5.22. The Bertz CT molecular complexity index is 354. The van der Waals surface area contributed by atoms with Gasteiger partial charge in [-0.1, -0.05) is 0 Å². The molecule has 2 rings (SSSR count). The van der Waals surface area contributed by atoms with Crippen molar-refractivity contribution < 1.29 is 9.31 Å². The van der Waals surface area contributed by atoms with Crippen molar-refractivity contribution in [2.45, 2.75) is 45.8 Å². The summed E-state index contributed by atoms with van der Waals surface area (Å²) in [5.74, 6) is 0. The fourth-order valence-corrected chi connectivity index (χ4v) is 2.27. The molecule has 0 aliphatic carbocycles. The van der Waals surface area contributed by atoms with E-state index in [-0.39, 0.29) is 18.3 Å². The van der Waals surface area contributed by atoms with E-state index in [4.69, 9.17) is 9.31 Å². The number of hydrogen-bond donors (Lipinski definition) is 0. The minimum Gasteiger partial charge on any atom is -0.399 e. The molecule has 2 heterocycles. The summed E-state index contributed by atoms with van der Waals surface area (Å²) in [7, 11) is -0.208. The zero-order valence-electron chi connectivity index (χ0n) is 9.96. The van der Waals surface area contributed by atoms with Crippen LogP contribution in [0, 0.1) is 6.92 Å². The lowest BCUT2D eigenvalue weighted by molar-refractivity contribution is 0.00578. The van der Waals surface area contributed by atoms with Crippen LogP contribution in [0.4, 0.5) is 0 Å². The molecule has 15 heavy (non-hydrogen) atoms. The van der Waals surface area contributed by atoms with Gasteiger partial charge in [-0.25, -0.2) is 0 Å². The summed E-state index contributed by atoms with van der Waals surface area (Å²) in [5, 5.41) is 2.11. The summed E-state index contributed by atoms with van der Waals surface area (Å²) >= 11 is 1.73. The van der Waals surface area contributed by atoms with Gasteiger partial charge in [0.1, 0.15) is 0 Å². The Morgan fingerprint density at radius 2 is 1.67 bits per heavy atom. The quantitative estimate of drug-likeness (QED) is 0.681. The second-order valence-electron chi connectivity index (χ2n) is 5.08. The van der Waals surface area contributed by atoms with Crippen LogP contribution >= 0.6 is 11.3 Å². The molecule has 4 heteroatoms. The van der Waals surface area contributed by atoms with Crippen molar-refractivity contribution in [2.24, 2.45) is 0 Å². The first kappa shape index (κ1) is 11.2. The smallest absolute Gasteiger partial charge is 0.399 e. The van der Waals surface area contributed by atoms with Crippen LogP contribution in [-0.4, -0.2) is 18.3 Å². The zero-order valence-corrected chi connectivity index (χ0v) is 10.8. The molecule has 1 fully saturated rings. The molecule has 2 nitrogen and oxygen atoms in total. The van der Waals surface area contributed by atoms with Crippen molar-refractivity contribution in [1.82, 2.24) is 0 Å². The van der Waals surface area contributed by atoms with Crippen LogP contribution in [-0.2, 0) is 9.31 Å². The number of rotatable bonds is 1. The van der Waals surface area contributed by atoms with Crippen LogP contribution < -0.4 is 5.46 Å². The molecule has 82 valence electrons. The van der Waals surface area contributed by atoms with Crippen LogP contribution in [0.2, 0.25) is 0 Å². The molecular formula is C11H17BO2S. The van der Waals surface area contributed by atoms with Crippen molar-refractivity contribution in [2.75, 3.05) is 0 Å². The molecule has 0 radical (unpaired) electrons. The second-order valence-corrected chi connectivity index (χ2v) is 6.19. The summed E-state index contributed by atoms with van der Waals surface area (Å²) in [6.07, 6.45) is 0. The molecule has 1 aromatic heterocycles. The first-order valence-corrected chi connectivity index (χ1v) is 6.10. The van der Waals surface area contributed by atoms with E-state index in [2.05, 4.69) is 46.1 Å². The number of thiophene rings is 1. The Balaban J connectivity index is 2.23.